The first-order valence-corrected chi connectivity index (χ1v) is 9.28. The molecule has 3 aromatic rings. The fourth-order valence-electron chi connectivity index (χ4n) is 2.32. The highest BCUT2D eigenvalue weighted by Crippen LogP contribution is 2.51. The first-order chi connectivity index (χ1) is 12.3. The van der Waals surface area contributed by atoms with E-state index in [2.05, 4.69) is 0 Å². The molecule has 3 rings (SSSR count). The first kappa shape index (κ1) is 17.2. The van der Waals surface area contributed by atoms with E-state index in [1.165, 1.54) is 0 Å². The molecule has 0 aliphatic rings. The van der Waals surface area contributed by atoms with Crippen LogP contribution >= 0.6 is 8.38 Å². The normalized spacial score (nSPS) is 11.8. The lowest BCUT2D eigenvalue weighted by Crippen LogP contribution is -2.07. The van der Waals surface area contributed by atoms with Crippen LogP contribution in [0.5, 0.6) is 11.5 Å². The van der Waals surface area contributed by atoms with Gasteiger partial charge >= 0.3 is 8.38 Å². The van der Waals surface area contributed by atoms with Gasteiger partial charge in [0.15, 0.2) is 0 Å². The van der Waals surface area contributed by atoms with Crippen LogP contribution < -0.4 is 9.05 Å². The molecule has 0 spiro atoms. The number of aryl methyl sites for hydroxylation is 1. The van der Waals surface area contributed by atoms with Gasteiger partial charge in [-0.15, -0.1) is 0 Å². The maximum absolute atomic E-state index is 11.9. The highest BCUT2D eigenvalue weighted by atomic mass is 31.2. The molecule has 4 heteroatoms. The molecule has 1 atom stereocenters. The van der Waals surface area contributed by atoms with Gasteiger partial charge < -0.3 is 13.8 Å². The summed E-state index contributed by atoms with van der Waals surface area (Å²) in [6.07, 6.45) is 0.905. The zero-order valence-corrected chi connectivity index (χ0v) is 14.8. The topological polar surface area (TPSA) is 35.5 Å². The Morgan fingerprint density at radius 1 is 0.760 bits per heavy atom. The molecule has 0 amide bonds. The molecule has 0 aliphatic carbocycles. The van der Waals surface area contributed by atoms with E-state index < -0.39 is 14.0 Å². The minimum Gasteiger partial charge on any atom is -0.438 e. The lowest BCUT2D eigenvalue weighted by atomic mass is 10.1. The summed E-state index contributed by atoms with van der Waals surface area (Å²) in [6.45, 7) is 2.02. The van der Waals surface area contributed by atoms with Crippen LogP contribution in [0.2, 0.25) is 0 Å². The second-order valence-electron chi connectivity index (χ2n) is 5.59. The Kier molecular flexibility index (Phi) is 5.81. The van der Waals surface area contributed by atoms with Gasteiger partial charge in [-0.05, 0) is 36.8 Å². The van der Waals surface area contributed by atoms with Crippen molar-refractivity contribution in [3.05, 3.63) is 96.1 Å². The van der Waals surface area contributed by atoms with Gasteiger partial charge in [0.25, 0.3) is 0 Å². The van der Waals surface area contributed by atoms with Crippen LogP contribution in [0.25, 0.3) is 0 Å². The van der Waals surface area contributed by atoms with Crippen LogP contribution in [0, 0.1) is 6.92 Å². The van der Waals surface area contributed by atoms with Crippen molar-refractivity contribution in [1.29, 1.82) is 0 Å². The van der Waals surface area contributed by atoms with E-state index in [0.29, 0.717) is 11.5 Å². The SMILES string of the molecule is Cc1ccc(C(C=O)P(Oc2ccccc2)Oc2ccccc2)cc1. The van der Waals surface area contributed by atoms with Gasteiger partial charge in [0.05, 0.1) is 0 Å². The molecule has 0 fully saturated rings. The zero-order valence-electron chi connectivity index (χ0n) is 13.9. The average Bonchev–Trinajstić information content (AvgIpc) is 2.65. The minimum atomic E-state index is -1.53. The summed E-state index contributed by atoms with van der Waals surface area (Å²) in [6, 6.07) is 26.8. The van der Waals surface area contributed by atoms with Crippen LogP contribution in [0.3, 0.4) is 0 Å². The van der Waals surface area contributed by atoms with Crippen molar-refractivity contribution in [3.63, 3.8) is 0 Å². The summed E-state index contributed by atoms with van der Waals surface area (Å²) in [5.74, 6) is 1.37. The predicted molar refractivity (Wildman–Crippen MR) is 101 cm³/mol. The summed E-state index contributed by atoms with van der Waals surface area (Å²) in [7, 11) is -1.53. The fourth-order valence-corrected chi connectivity index (χ4v) is 3.75. The summed E-state index contributed by atoms with van der Waals surface area (Å²) < 4.78 is 12.1. The highest BCUT2D eigenvalue weighted by Gasteiger charge is 2.29. The molecule has 0 saturated carbocycles. The third kappa shape index (κ3) is 4.68. The van der Waals surface area contributed by atoms with Crippen molar-refractivity contribution in [2.75, 3.05) is 0 Å². The second-order valence-corrected chi connectivity index (χ2v) is 7.08. The Morgan fingerprint density at radius 3 is 1.68 bits per heavy atom. The third-order valence-electron chi connectivity index (χ3n) is 3.65. The highest BCUT2D eigenvalue weighted by molar-refractivity contribution is 7.49. The number of rotatable bonds is 7. The van der Waals surface area contributed by atoms with Gasteiger partial charge in [-0.1, -0.05) is 66.2 Å². The molecule has 1 unspecified atom stereocenters. The average molecular weight is 350 g/mol. The van der Waals surface area contributed by atoms with Crippen molar-refractivity contribution < 1.29 is 13.8 Å². The van der Waals surface area contributed by atoms with E-state index in [0.717, 1.165) is 17.4 Å². The Hall–Kier alpha value is -2.64. The van der Waals surface area contributed by atoms with E-state index in [4.69, 9.17) is 9.05 Å². The van der Waals surface area contributed by atoms with Gasteiger partial charge in [0, 0.05) is 0 Å². The van der Waals surface area contributed by atoms with E-state index in [9.17, 15) is 4.79 Å². The first-order valence-electron chi connectivity index (χ1n) is 8.03. The largest absolute Gasteiger partial charge is 0.438 e. The summed E-state index contributed by atoms with van der Waals surface area (Å²) in [5, 5.41) is 0. The molecule has 0 heterocycles. The number of benzene rings is 3. The number of hydrogen-bond donors (Lipinski definition) is 0. The Labute approximate surface area is 149 Å². The monoisotopic (exact) mass is 350 g/mol. The summed E-state index contributed by atoms with van der Waals surface area (Å²) in [4.78, 5) is 11.9. The zero-order chi connectivity index (χ0) is 17.5. The summed E-state index contributed by atoms with van der Waals surface area (Å²) >= 11 is 0. The van der Waals surface area contributed by atoms with Crippen molar-refractivity contribution in [2.24, 2.45) is 0 Å². The van der Waals surface area contributed by atoms with Gasteiger partial charge in [-0.25, -0.2) is 0 Å². The van der Waals surface area contributed by atoms with Crippen LogP contribution in [-0.4, -0.2) is 6.29 Å². The molecule has 3 nitrogen and oxygen atoms in total. The lowest BCUT2D eigenvalue weighted by Gasteiger charge is -2.23. The third-order valence-corrected chi connectivity index (χ3v) is 5.31. The van der Waals surface area contributed by atoms with E-state index >= 15 is 0 Å². The molecule has 3 aromatic carbocycles. The van der Waals surface area contributed by atoms with E-state index in [1.807, 2.05) is 91.9 Å². The fraction of sp³-hybridized carbons (Fsp3) is 0.0952. The van der Waals surface area contributed by atoms with Crippen molar-refractivity contribution >= 4 is 14.7 Å². The molecule has 0 saturated heterocycles. The van der Waals surface area contributed by atoms with Crippen molar-refractivity contribution in [2.45, 2.75) is 12.6 Å². The lowest BCUT2D eigenvalue weighted by molar-refractivity contribution is -0.107. The van der Waals surface area contributed by atoms with Gasteiger partial charge in [-0.2, -0.15) is 0 Å². The number of carbonyl (C=O) groups is 1. The summed E-state index contributed by atoms with van der Waals surface area (Å²) in [5.41, 5.74) is 1.56. The van der Waals surface area contributed by atoms with Crippen LogP contribution in [0.1, 0.15) is 16.8 Å². The Bertz CT molecular complexity index is 747. The standard InChI is InChI=1S/C21H19O3P/c1-17-12-14-18(15-13-17)21(16-22)25(23-19-8-4-2-5-9-19)24-20-10-6-3-7-11-20/h2-16,21H,1H3. The van der Waals surface area contributed by atoms with E-state index in [1.54, 1.807) is 0 Å². The number of aldehydes is 1. The minimum absolute atomic E-state index is 0.476. The van der Waals surface area contributed by atoms with Gasteiger partial charge in [0.2, 0.25) is 0 Å². The quantitative estimate of drug-likeness (QED) is 0.405. The van der Waals surface area contributed by atoms with Gasteiger partial charge in [-0.3, -0.25) is 0 Å². The Balaban J connectivity index is 1.90. The van der Waals surface area contributed by atoms with Crippen LogP contribution in [0.4, 0.5) is 0 Å². The predicted octanol–water partition coefficient (Wildman–Crippen LogP) is 5.70. The molecule has 0 N–H and O–H groups in total. The van der Waals surface area contributed by atoms with Gasteiger partial charge in [0.1, 0.15) is 23.4 Å². The molecule has 126 valence electrons. The molecular weight excluding hydrogens is 331 g/mol. The maximum Gasteiger partial charge on any atom is 0.306 e. The number of carbonyl (C=O) groups excluding carboxylic acids is 1. The number of para-hydroxylation sites is 2. The van der Waals surface area contributed by atoms with Crippen LogP contribution in [-0.2, 0) is 4.79 Å². The van der Waals surface area contributed by atoms with Crippen molar-refractivity contribution in [3.8, 4) is 11.5 Å². The number of hydrogen-bond acceptors (Lipinski definition) is 3. The molecule has 25 heavy (non-hydrogen) atoms. The van der Waals surface area contributed by atoms with Crippen LogP contribution in [0.15, 0.2) is 84.9 Å². The smallest absolute Gasteiger partial charge is 0.306 e. The molecule has 0 aromatic heterocycles. The molecule has 0 bridgehead atoms. The molecular formula is C21H19O3P. The molecule has 0 radical (unpaired) electrons. The Morgan fingerprint density at radius 2 is 1.24 bits per heavy atom. The van der Waals surface area contributed by atoms with E-state index in [-0.39, 0.29) is 0 Å². The van der Waals surface area contributed by atoms with Crippen molar-refractivity contribution in [1.82, 2.24) is 0 Å². The maximum atomic E-state index is 11.9. The second kappa shape index (κ2) is 8.46. The molecule has 0 aliphatic heterocycles.